The zero-order valence-corrected chi connectivity index (χ0v) is 9.04. The minimum Gasteiger partial charge on any atom is -0.378 e. The molecule has 1 aliphatic rings. The van der Waals surface area contributed by atoms with Gasteiger partial charge in [-0.15, -0.1) is 11.3 Å². The number of aromatic nitrogens is 2. The van der Waals surface area contributed by atoms with E-state index in [4.69, 9.17) is 4.74 Å². The Morgan fingerprint density at radius 2 is 2.13 bits per heavy atom. The fourth-order valence-electron chi connectivity index (χ4n) is 1.71. The Morgan fingerprint density at radius 3 is 3.00 bits per heavy atom. The summed E-state index contributed by atoms with van der Waals surface area (Å²) in [7, 11) is 0. The topological polar surface area (TPSA) is 38.2 Å². The molecule has 0 atom stereocenters. The van der Waals surface area contributed by atoms with E-state index in [1.165, 1.54) is 0 Å². The van der Waals surface area contributed by atoms with Crippen molar-refractivity contribution in [3.63, 3.8) is 0 Å². The second kappa shape index (κ2) is 3.75. The Labute approximate surface area is 91.5 Å². The standard InChI is InChI=1S/C10H11N3OS/c1-2-9(13-3-5-14-6-4-13)12-10-8(1)11-7-15-10/h1-2,7H,3-6H2. The van der Waals surface area contributed by atoms with E-state index in [1.807, 2.05) is 17.6 Å². The Morgan fingerprint density at radius 1 is 1.27 bits per heavy atom. The summed E-state index contributed by atoms with van der Waals surface area (Å²) in [6.07, 6.45) is 0. The summed E-state index contributed by atoms with van der Waals surface area (Å²) in [5.41, 5.74) is 2.82. The molecule has 1 fully saturated rings. The number of fused-ring (bicyclic) bond motifs is 1. The van der Waals surface area contributed by atoms with Crippen LogP contribution in [0.2, 0.25) is 0 Å². The molecule has 5 heteroatoms. The maximum absolute atomic E-state index is 5.31. The summed E-state index contributed by atoms with van der Waals surface area (Å²) in [6.45, 7) is 3.44. The molecule has 0 saturated carbocycles. The third-order valence-electron chi connectivity index (χ3n) is 2.52. The minimum atomic E-state index is 0.794. The van der Waals surface area contributed by atoms with Crippen molar-refractivity contribution in [1.29, 1.82) is 0 Å². The van der Waals surface area contributed by atoms with Gasteiger partial charge in [-0.25, -0.2) is 9.97 Å². The van der Waals surface area contributed by atoms with Gasteiger partial charge in [-0.3, -0.25) is 0 Å². The second-order valence-corrected chi connectivity index (χ2v) is 4.28. The Hall–Kier alpha value is -1.20. The van der Waals surface area contributed by atoms with Crippen molar-refractivity contribution in [2.45, 2.75) is 0 Å². The lowest BCUT2D eigenvalue weighted by Crippen LogP contribution is -2.36. The van der Waals surface area contributed by atoms with Gasteiger partial charge >= 0.3 is 0 Å². The molecule has 0 aliphatic carbocycles. The monoisotopic (exact) mass is 221 g/mol. The van der Waals surface area contributed by atoms with Crippen LogP contribution in [0.1, 0.15) is 0 Å². The molecule has 78 valence electrons. The van der Waals surface area contributed by atoms with Gasteiger partial charge in [0.05, 0.1) is 18.7 Å². The van der Waals surface area contributed by atoms with Crippen LogP contribution in [0.25, 0.3) is 10.3 Å². The number of nitrogens with zero attached hydrogens (tertiary/aromatic N) is 3. The number of thiazole rings is 1. The molecule has 15 heavy (non-hydrogen) atoms. The van der Waals surface area contributed by atoms with Gasteiger partial charge in [-0.05, 0) is 12.1 Å². The first-order chi connectivity index (χ1) is 7.43. The van der Waals surface area contributed by atoms with E-state index in [2.05, 4.69) is 14.9 Å². The third-order valence-corrected chi connectivity index (χ3v) is 3.25. The van der Waals surface area contributed by atoms with Crippen LogP contribution < -0.4 is 4.90 Å². The molecule has 3 heterocycles. The number of hydrogen-bond acceptors (Lipinski definition) is 5. The average molecular weight is 221 g/mol. The van der Waals surface area contributed by atoms with Crippen molar-refractivity contribution >= 4 is 27.5 Å². The van der Waals surface area contributed by atoms with Crippen molar-refractivity contribution in [1.82, 2.24) is 9.97 Å². The zero-order chi connectivity index (χ0) is 10.1. The van der Waals surface area contributed by atoms with E-state index < -0.39 is 0 Å². The molecule has 0 radical (unpaired) electrons. The molecule has 1 aliphatic heterocycles. The first-order valence-corrected chi connectivity index (χ1v) is 5.84. The maximum Gasteiger partial charge on any atom is 0.145 e. The Balaban J connectivity index is 1.95. The van der Waals surface area contributed by atoms with Crippen LogP contribution in [0.5, 0.6) is 0 Å². The zero-order valence-electron chi connectivity index (χ0n) is 8.22. The van der Waals surface area contributed by atoms with E-state index in [1.54, 1.807) is 11.3 Å². The van der Waals surface area contributed by atoms with Crippen LogP contribution in [-0.4, -0.2) is 36.3 Å². The van der Waals surface area contributed by atoms with Gasteiger partial charge in [0, 0.05) is 13.1 Å². The van der Waals surface area contributed by atoms with E-state index >= 15 is 0 Å². The SMILES string of the molecule is c1nc2ccc(N3CCOCC3)nc2s1. The average Bonchev–Trinajstić information content (AvgIpc) is 2.77. The summed E-state index contributed by atoms with van der Waals surface area (Å²) >= 11 is 1.59. The molecule has 0 bridgehead atoms. The van der Waals surface area contributed by atoms with Gasteiger partial charge in [-0.2, -0.15) is 0 Å². The summed E-state index contributed by atoms with van der Waals surface area (Å²) in [4.78, 5) is 12.1. The normalized spacial score (nSPS) is 17.2. The largest absolute Gasteiger partial charge is 0.378 e. The van der Waals surface area contributed by atoms with Crippen molar-refractivity contribution in [3.05, 3.63) is 17.6 Å². The lowest BCUT2D eigenvalue weighted by atomic mass is 10.3. The number of rotatable bonds is 1. The highest BCUT2D eigenvalue weighted by Crippen LogP contribution is 2.20. The fraction of sp³-hybridized carbons (Fsp3) is 0.400. The number of anilines is 1. The molecule has 0 N–H and O–H groups in total. The molecule has 3 rings (SSSR count). The number of morpholine rings is 1. The Kier molecular flexibility index (Phi) is 2.26. The smallest absolute Gasteiger partial charge is 0.145 e. The highest BCUT2D eigenvalue weighted by atomic mass is 32.1. The predicted molar refractivity (Wildman–Crippen MR) is 60.4 cm³/mol. The van der Waals surface area contributed by atoms with E-state index in [0.29, 0.717) is 0 Å². The van der Waals surface area contributed by atoms with Gasteiger partial charge in [-0.1, -0.05) is 0 Å². The lowest BCUT2D eigenvalue weighted by Gasteiger charge is -2.27. The predicted octanol–water partition coefficient (Wildman–Crippen LogP) is 1.53. The molecule has 4 nitrogen and oxygen atoms in total. The molecular formula is C10H11N3OS. The van der Waals surface area contributed by atoms with Crippen LogP contribution in [0.3, 0.4) is 0 Å². The summed E-state index contributed by atoms with van der Waals surface area (Å²) < 4.78 is 5.31. The first kappa shape index (κ1) is 9.06. The van der Waals surface area contributed by atoms with Crippen LogP contribution in [0.15, 0.2) is 17.6 Å². The summed E-state index contributed by atoms with van der Waals surface area (Å²) in [5, 5.41) is 0. The van der Waals surface area contributed by atoms with Gasteiger partial charge in [0.15, 0.2) is 0 Å². The van der Waals surface area contributed by atoms with Gasteiger partial charge in [0.2, 0.25) is 0 Å². The third kappa shape index (κ3) is 1.68. The fourth-order valence-corrected chi connectivity index (χ4v) is 2.36. The molecule has 2 aromatic rings. The first-order valence-electron chi connectivity index (χ1n) is 4.96. The van der Waals surface area contributed by atoms with Crippen molar-refractivity contribution < 1.29 is 4.74 Å². The highest BCUT2D eigenvalue weighted by molar-refractivity contribution is 7.16. The number of ether oxygens (including phenoxy) is 1. The van der Waals surface area contributed by atoms with E-state index in [-0.39, 0.29) is 0 Å². The molecule has 2 aromatic heterocycles. The van der Waals surface area contributed by atoms with Crippen LogP contribution in [0.4, 0.5) is 5.82 Å². The van der Waals surface area contributed by atoms with Crippen LogP contribution >= 0.6 is 11.3 Å². The summed E-state index contributed by atoms with van der Waals surface area (Å²) in [5.74, 6) is 1.04. The molecular weight excluding hydrogens is 210 g/mol. The Bertz CT molecular complexity index is 464. The lowest BCUT2D eigenvalue weighted by molar-refractivity contribution is 0.122. The van der Waals surface area contributed by atoms with Gasteiger partial charge in [0.1, 0.15) is 16.2 Å². The summed E-state index contributed by atoms with van der Waals surface area (Å²) in [6, 6.07) is 4.07. The van der Waals surface area contributed by atoms with Gasteiger partial charge < -0.3 is 9.64 Å². The van der Waals surface area contributed by atoms with Crippen molar-refractivity contribution in [3.8, 4) is 0 Å². The number of hydrogen-bond donors (Lipinski definition) is 0. The maximum atomic E-state index is 5.31. The van der Waals surface area contributed by atoms with Crippen molar-refractivity contribution in [2.24, 2.45) is 0 Å². The molecule has 0 aromatic carbocycles. The second-order valence-electron chi connectivity index (χ2n) is 3.45. The van der Waals surface area contributed by atoms with Gasteiger partial charge in [0.25, 0.3) is 0 Å². The highest BCUT2D eigenvalue weighted by Gasteiger charge is 2.12. The van der Waals surface area contributed by atoms with E-state index in [0.717, 1.165) is 42.5 Å². The molecule has 0 unspecified atom stereocenters. The quantitative estimate of drug-likeness (QED) is 0.732. The van der Waals surface area contributed by atoms with E-state index in [9.17, 15) is 0 Å². The molecule has 0 amide bonds. The van der Waals surface area contributed by atoms with Crippen LogP contribution in [-0.2, 0) is 4.74 Å². The van der Waals surface area contributed by atoms with Crippen LogP contribution in [0, 0.1) is 0 Å². The molecule has 0 spiro atoms. The van der Waals surface area contributed by atoms with Crippen molar-refractivity contribution in [2.75, 3.05) is 31.2 Å². The number of pyridine rings is 1. The molecule has 1 saturated heterocycles. The minimum absolute atomic E-state index is 0.794.